The zero-order chi connectivity index (χ0) is 15.2. The van der Waals surface area contributed by atoms with Gasteiger partial charge in [0.15, 0.2) is 10.9 Å². The summed E-state index contributed by atoms with van der Waals surface area (Å²) in [6.07, 6.45) is 2.49. The maximum absolute atomic E-state index is 12.3. The van der Waals surface area contributed by atoms with Crippen molar-refractivity contribution in [1.82, 2.24) is 9.97 Å². The first-order valence-electron chi connectivity index (χ1n) is 6.64. The Morgan fingerprint density at radius 3 is 2.86 bits per heavy atom. The van der Waals surface area contributed by atoms with Gasteiger partial charge in [-0.25, -0.2) is 9.97 Å². The highest BCUT2D eigenvalue weighted by Crippen LogP contribution is 2.21. The number of para-hydroxylation sites is 1. The van der Waals surface area contributed by atoms with Gasteiger partial charge in [0, 0.05) is 11.4 Å². The van der Waals surface area contributed by atoms with Gasteiger partial charge >= 0.3 is 0 Å². The SMILES string of the molecule is CCCSc1ncc(Cl)c(C(=O)Nc2ccccc2C)n1. The van der Waals surface area contributed by atoms with Crippen LogP contribution < -0.4 is 5.32 Å². The zero-order valence-electron chi connectivity index (χ0n) is 11.9. The molecule has 1 aromatic carbocycles. The lowest BCUT2D eigenvalue weighted by Gasteiger charge is -2.09. The minimum atomic E-state index is -0.324. The van der Waals surface area contributed by atoms with E-state index in [-0.39, 0.29) is 16.6 Å². The van der Waals surface area contributed by atoms with E-state index in [2.05, 4.69) is 22.2 Å². The molecule has 1 aromatic heterocycles. The monoisotopic (exact) mass is 321 g/mol. The third-order valence-corrected chi connectivity index (χ3v) is 4.11. The molecule has 0 unspecified atom stereocenters. The third-order valence-electron chi connectivity index (χ3n) is 2.77. The molecule has 110 valence electrons. The van der Waals surface area contributed by atoms with Crippen LogP contribution in [0.1, 0.15) is 29.4 Å². The van der Waals surface area contributed by atoms with E-state index in [0.29, 0.717) is 5.16 Å². The van der Waals surface area contributed by atoms with Crippen molar-refractivity contribution in [1.29, 1.82) is 0 Å². The molecular weight excluding hydrogens is 306 g/mol. The number of anilines is 1. The summed E-state index contributed by atoms with van der Waals surface area (Å²) < 4.78 is 0. The normalized spacial score (nSPS) is 10.4. The molecule has 0 aliphatic rings. The van der Waals surface area contributed by atoms with E-state index >= 15 is 0 Å². The van der Waals surface area contributed by atoms with Gasteiger partial charge in [0.05, 0.1) is 11.2 Å². The maximum Gasteiger partial charge on any atom is 0.275 e. The molecule has 4 nitrogen and oxygen atoms in total. The number of carbonyl (C=O) groups is 1. The van der Waals surface area contributed by atoms with E-state index in [1.165, 1.54) is 18.0 Å². The average Bonchev–Trinajstić information content (AvgIpc) is 2.48. The lowest BCUT2D eigenvalue weighted by Crippen LogP contribution is -2.15. The number of nitrogens with one attached hydrogen (secondary N) is 1. The number of hydrogen-bond donors (Lipinski definition) is 1. The van der Waals surface area contributed by atoms with Gasteiger partial charge in [-0.05, 0) is 25.0 Å². The van der Waals surface area contributed by atoms with Gasteiger partial charge in [-0.2, -0.15) is 0 Å². The minimum Gasteiger partial charge on any atom is -0.320 e. The van der Waals surface area contributed by atoms with Crippen molar-refractivity contribution in [2.24, 2.45) is 0 Å². The Labute approximate surface area is 133 Å². The van der Waals surface area contributed by atoms with Crippen LogP contribution in [0, 0.1) is 6.92 Å². The first-order chi connectivity index (χ1) is 10.1. The summed E-state index contributed by atoms with van der Waals surface area (Å²) in [4.78, 5) is 20.7. The van der Waals surface area contributed by atoms with Crippen LogP contribution in [-0.4, -0.2) is 21.6 Å². The van der Waals surface area contributed by atoms with E-state index in [9.17, 15) is 4.79 Å². The van der Waals surface area contributed by atoms with E-state index < -0.39 is 0 Å². The van der Waals surface area contributed by atoms with Crippen molar-refractivity contribution in [3.8, 4) is 0 Å². The summed E-state index contributed by atoms with van der Waals surface area (Å²) in [6, 6.07) is 7.56. The number of thioether (sulfide) groups is 1. The summed E-state index contributed by atoms with van der Waals surface area (Å²) >= 11 is 7.55. The van der Waals surface area contributed by atoms with E-state index in [1.54, 1.807) is 0 Å². The van der Waals surface area contributed by atoms with Crippen molar-refractivity contribution in [2.75, 3.05) is 11.1 Å². The second-order valence-corrected chi connectivity index (χ2v) is 5.94. The largest absolute Gasteiger partial charge is 0.320 e. The van der Waals surface area contributed by atoms with Crippen LogP contribution in [0.2, 0.25) is 5.02 Å². The number of carbonyl (C=O) groups excluding carboxylic acids is 1. The Kier molecular flexibility index (Phi) is 5.59. The molecule has 0 spiro atoms. The lowest BCUT2D eigenvalue weighted by atomic mass is 10.2. The van der Waals surface area contributed by atoms with Crippen molar-refractivity contribution in [3.05, 3.63) is 46.7 Å². The summed E-state index contributed by atoms with van der Waals surface area (Å²) in [5, 5.41) is 3.65. The van der Waals surface area contributed by atoms with Crippen molar-refractivity contribution in [2.45, 2.75) is 25.4 Å². The first kappa shape index (κ1) is 15.8. The fourth-order valence-electron chi connectivity index (χ4n) is 1.67. The fourth-order valence-corrected chi connectivity index (χ4v) is 2.51. The number of amides is 1. The minimum absolute atomic E-state index is 0.202. The third kappa shape index (κ3) is 4.19. The van der Waals surface area contributed by atoms with E-state index in [0.717, 1.165) is 23.4 Å². The molecule has 0 bridgehead atoms. The number of benzene rings is 1. The molecule has 0 atom stereocenters. The summed E-state index contributed by atoms with van der Waals surface area (Å²) in [6.45, 7) is 4.01. The van der Waals surface area contributed by atoms with E-state index in [4.69, 9.17) is 11.6 Å². The molecule has 1 amide bonds. The molecular formula is C15H16ClN3OS. The van der Waals surface area contributed by atoms with Crippen LogP contribution in [-0.2, 0) is 0 Å². The van der Waals surface area contributed by atoms with Crippen LogP contribution in [0.3, 0.4) is 0 Å². The number of hydrogen-bond acceptors (Lipinski definition) is 4. The highest BCUT2D eigenvalue weighted by atomic mass is 35.5. The van der Waals surface area contributed by atoms with Gasteiger partial charge in [-0.15, -0.1) is 0 Å². The topological polar surface area (TPSA) is 54.9 Å². The number of halogens is 1. The molecule has 2 aromatic rings. The molecule has 1 heterocycles. The second-order valence-electron chi connectivity index (χ2n) is 4.47. The second kappa shape index (κ2) is 7.43. The van der Waals surface area contributed by atoms with Gasteiger partial charge in [0.2, 0.25) is 0 Å². The predicted molar refractivity (Wildman–Crippen MR) is 87.2 cm³/mol. The molecule has 2 rings (SSSR count). The molecule has 0 radical (unpaired) electrons. The number of aromatic nitrogens is 2. The number of nitrogens with zero attached hydrogens (tertiary/aromatic N) is 2. The summed E-state index contributed by atoms with van der Waals surface area (Å²) in [7, 11) is 0. The Balaban J connectivity index is 2.20. The van der Waals surface area contributed by atoms with Crippen LogP contribution in [0.5, 0.6) is 0 Å². The molecule has 0 saturated heterocycles. The number of aryl methyl sites for hydroxylation is 1. The fraction of sp³-hybridized carbons (Fsp3) is 0.267. The standard InChI is InChI=1S/C15H16ClN3OS/c1-3-8-21-15-17-9-11(16)13(19-15)14(20)18-12-7-5-4-6-10(12)2/h4-7,9H,3,8H2,1-2H3,(H,18,20). The quantitative estimate of drug-likeness (QED) is 0.662. The Morgan fingerprint density at radius 2 is 2.14 bits per heavy atom. The smallest absolute Gasteiger partial charge is 0.275 e. The Bertz CT molecular complexity index is 649. The van der Waals surface area contributed by atoms with Crippen molar-refractivity contribution in [3.63, 3.8) is 0 Å². The highest BCUT2D eigenvalue weighted by Gasteiger charge is 2.15. The molecule has 6 heteroatoms. The molecule has 0 fully saturated rings. The van der Waals surface area contributed by atoms with Gasteiger partial charge < -0.3 is 5.32 Å². The summed E-state index contributed by atoms with van der Waals surface area (Å²) in [5.41, 5.74) is 1.94. The molecule has 1 N–H and O–H groups in total. The summed E-state index contributed by atoms with van der Waals surface area (Å²) in [5.74, 6) is 0.579. The van der Waals surface area contributed by atoms with Crippen LogP contribution in [0.4, 0.5) is 5.69 Å². The maximum atomic E-state index is 12.3. The first-order valence-corrected chi connectivity index (χ1v) is 8.00. The van der Waals surface area contributed by atoms with Gasteiger partial charge in [-0.1, -0.05) is 48.5 Å². The molecule has 0 aliphatic carbocycles. The van der Waals surface area contributed by atoms with Crippen LogP contribution in [0.15, 0.2) is 35.6 Å². The van der Waals surface area contributed by atoms with E-state index in [1.807, 2.05) is 31.2 Å². The highest BCUT2D eigenvalue weighted by molar-refractivity contribution is 7.99. The zero-order valence-corrected chi connectivity index (χ0v) is 13.5. The van der Waals surface area contributed by atoms with Crippen molar-refractivity contribution >= 4 is 35.0 Å². The Morgan fingerprint density at radius 1 is 1.38 bits per heavy atom. The predicted octanol–water partition coefficient (Wildman–Crippen LogP) is 4.19. The van der Waals surface area contributed by atoms with Gasteiger partial charge in [0.1, 0.15) is 0 Å². The van der Waals surface area contributed by atoms with Crippen LogP contribution >= 0.6 is 23.4 Å². The lowest BCUT2D eigenvalue weighted by molar-refractivity contribution is 0.102. The Hall–Kier alpha value is -1.59. The molecule has 0 aliphatic heterocycles. The van der Waals surface area contributed by atoms with Crippen molar-refractivity contribution < 1.29 is 4.79 Å². The number of rotatable bonds is 5. The van der Waals surface area contributed by atoms with Gasteiger partial charge in [0.25, 0.3) is 5.91 Å². The molecule has 21 heavy (non-hydrogen) atoms. The average molecular weight is 322 g/mol. The van der Waals surface area contributed by atoms with Crippen LogP contribution in [0.25, 0.3) is 0 Å². The molecule has 0 saturated carbocycles. The van der Waals surface area contributed by atoms with Gasteiger partial charge in [-0.3, -0.25) is 4.79 Å².